The third-order valence-corrected chi connectivity index (χ3v) is 3.78. The molecular formula is C14H23N3O. The first kappa shape index (κ1) is 13.1. The first-order chi connectivity index (χ1) is 8.58. The Balaban J connectivity index is 2.10. The van der Waals surface area contributed by atoms with Gasteiger partial charge in [-0.2, -0.15) is 0 Å². The molecule has 0 amide bonds. The van der Waals surface area contributed by atoms with Crippen LogP contribution in [0.3, 0.4) is 0 Å². The molecule has 1 aliphatic rings. The average Bonchev–Trinajstić information content (AvgIpc) is 2.34. The van der Waals surface area contributed by atoms with E-state index in [0.29, 0.717) is 11.9 Å². The first-order valence-electron chi connectivity index (χ1n) is 6.91. The molecule has 0 spiro atoms. The zero-order chi connectivity index (χ0) is 13.1. The molecule has 1 N–H and O–H groups in total. The minimum Gasteiger partial charge on any atom is -0.363 e. The SMILES string of the molecule is CC1CCC(Nc2nccn(C(C)C)c2=O)CC1. The van der Waals surface area contributed by atoms with Gasteiger partial charge in [0, 0.05) is 24.5 Å². The Morgan fingerprint density at radius 2 is 2.00 bits per heavy atom. The highest BCUT2D eigenvalue weighted by Crippen LogP contribution is 2.24. The van der Waals surface area contributed by atoms with Crippen LogP contribution < -0.4 is 10.9 Å². The molecule has 0 aromatic carbocycles. The van der Waals surface area contributed by atoms with Gasteiger partial charge in [0.05, 0.1) is 0 Å². The topological polar surface area (TPSA) is 46.9 Å². The van der Waals surface area contributed by atoms with E-state index in [2.05, 4.69) is 17.2 Å². The van der Waals surface area contributed by atoms with E-state index >= 15 is 0 Å². The summed E-state index contributed by atoms with van der Waals surface area (Å²) in [4.78, 5) is 16.4. The van der Waals surface area contributed by atoms with Gasteiger partial charge in [0.25, 0.3) is 5.56 Å². The summed E-state index contributed by atoms with van der Waals surface area (Å²) in [5.74, 6) is 1.32. The highest BCUT2D eigenvalue weighted by atomic mass is 16.1. The van der Waals surface area contributed by atoms with Crippen molar-refractivity contribution in [3.05, 3.63) is 22.7 Å². The summed E-state index contributed by atoms with van der Waals surface area (Å²) in [7, 11) is 0. The Kier molecular flexibility index (Phi) is 4.04. The van der Waals surface area contributed by atoms with E-state index in [1.165, 1.54) is 12.8 Å². The van der Waals surface area contributed by atoms with Crippen molar-refractivity contribution in [1.82, 2.24) is 9.55 Å². The Morgan fingerprint density at radius 1 is 1.33 bits per heavy atom. The highest BCUT2D eigenvalue weighted by Gasteiger charge is 2.19. The van der Waals surface area contributed by atoms with Crippen LogP contribution in [0.5, 0.6) is 0 Å². The van der Waals surface area contributed by atoms with Gasteiger partial charge in [-0.05, 0) is 45.4 Å². The molecule has 4 heteroatoms. The fourth-order valence-electron chi connectivity index (χ4n) is 2.53. The monoisotopic (exact) mass is 249 g/mol. The molecule has 100 valence electrons. The Morgan fingerprint density at radius 3 is 2.61 bits per heavy atom. The van der Waals surface area contributed by atoms with E-state index in [-0.39, 0.29) is 11.6 Å². The molecule has 1 saturated carbocycles. The van der Waals surface area contributed by atoms with Crippen LogP contribution in [0, 0.1) is 5.92 Å². The van der Waals surface area contributed by atoms with Gasteiger partial charge in [0.2, 0.25) is 0 Å². The van der Waals surface area contributed by atoms with Crippen molar-refractivity contribution in [2.75, 3.05) is 5.32 Å². The van der Waals surface area contributed by atoms with Crippen molar-refractivity contribution in [2.45, 2.75) is 58.5 Å². The third kappa shape index (κ3) is 2.92. The van der Waals surface area contributed by atoms with Crippen LogP contribution in [0.15, 0.2) is 17.2 Å². The van der Waals surface area contributed by atoms with Gasteiger partial charge in [0.15, 0.2) is 5.82 Å². The number of anilines is 1. The van der Waals surface area contributed by atoms with Crippen LogP contribution >= 0.6 is 0 Å². The maximum absolute atomic E-state index is 12.2. The third-order valence-electron chi connectivity index (χ3n) is 3.78. The van der Waals surface area contributed by atoms with Crippen LogP contribution in [-0.2, 0) is 0 Å². The van der Waals surface area contributed by atoms with Crippen LogP contribution in [0.4, 0.5) is 5.82 Å². The molecule has 1 aliphatic carbocycles. The van der Waals surface area contributed by atoms with E-state index in [0.717, 1.165) is 18.8 Å². The number of nitrogens with one attached hydrogen (secondary N) is 1. The van der Waals surface area contributed by atoms with Gasteiger partial charge in [0.1, 0.15) is 0 Å². The van der Waals surface area contributed by atoms with Crippen molar-refractivity contribution in [2.24, 2.45) is 5.92 Å². The Hall–Kier alpha value is -1.32. The molecule has 2 rings (SSSR count). The molecule has 0 radical (unpaired) electrons. The minimum atomic E-state index is -0.00822. The molecule has 0 aliphatic heterocycles. The summed E-state index contributed by atoms with van der Waals surface area (Å²) in [5.41, 5.74) is -0.00822. The second-order valence-corrected chi connectivity index (χ2v) is 5.68. The second-order valence-electron chi connectivity index (χ2n) is 5.68. The fraction of sp³-hybridized carbons (Fsp3) is 0.714. The largest absolute Gasteiger partial charge is 0.363 e. The summed E-state index contributed by atoms with van der Waals surface area (Å²) < 4.78 is 1.72. The Bertz CT molecular complexity index is 445. The van der Waals surface area contributed by atoms with Crippen molar-refractivity contribution in [1.29, 1.82) is 0 Å². The molecule has 0 atom stereocenters. The Labute approximate surface area is 108 Å². The zero-order valence-electron chi connectivity index (χ0n) is 11.5. The molecule has 0 unspecified atom stereocenters. The molecule has 1 aromatic rings. The minimum absolute atomic E-state index is 0.00822. The van der Waals surface area contributed by atoms with Crippen LogP contribution in [-0.4, -0.2) is 15.6 Å². The van der Waals surface area contributed by atoms with Crippen LogP contribution in [0.2, 0.25) is 0 Å². The molecule has 1 heterocycles. The van der Waals surface area contributed by atoms with Gasteiger partial charge in [-0.1, -0.05) is 6.92 Å². The van der Waals surface area contributed by atoms with Crippen molar-refractivity contribution in [3.8, 4) is 0 Å². The standard InChI is InChI=1S/C14H23N3O/c1-10(2)17-9-8-15-13(14(17)18)16-12-6-4-11(3)5-7-12/h8-12H,4-7H2,1-3H3,(H,15,16). The number of nitrogens with zero attached hydrogens (tertiary/aromatic N) is 2. The van der Waals surface area contributed by atoms with E-state index in [1.807, 2.05) is 13.8 Å². The quantitative estimate of drug-likeness (QED) is 0.896. The molecule has 1 aromatic heterocycles. The maximum Gasteiger partial charge on any atom is 0.293 e. The molecule has 4 nitrogen and oxygen atoms in total. The van der Waals surface area contributed by atoms with Crippen LogP contribution in [0.1, 0.15) is 52.5 Å². The van der Waals surface area contributed by atoms with E-state index < -0.39 is 0 Å². The summed E-state index contributed by atoms with van der Waals surface area (Å²) in [6.07, 6.45) is 8.21. The molecule has 0 saturated heterocycles. The molecule has 0 bridgehead atoms. The lowest BCUT2D eigenvalue weighted by Crippen LogP contribution is -2.32. The van der Waals surface area contributed by atoms with Gasteiger partial charge in [-0.15, -0.1) is 0 Å². The predicted molar refractivity (Wildman–Crippen MR) is 73.9 cm³/mol. The fourth-order valence-corrected chi connectivity index (χ4v) is 2.53. The predicted octanol–water partition coefficient (Wildman–Crippen LogP) is 2.81. The van der Waals surface area contributed by atoms with Gasteiger partial charge in [-0.25, -0.2) is 4.98 Å². The van der Waals surface area contributed by atoms with Gasteiger partial charge in [-0.3, -0.25) is 4.79 Å². The maximum atomic E-state index is 12.2. The van der Waals surface area contributed by atoms with Crippen molar-refractivity contribution < 1.29 is 0 Å². The normalized spacial score (nSPS) is 24.2. The molecular weight excluding hydrogens is 226 g/mol. The zero-order valence-corrected chi connectivity index (χ0v) is 11.5. The summed E-state index contributed by atoms with van der Waals surface area (Å²) in [6, 6.07) is 0.580. The number of hydrogen-bond donors (Lipinski definition) is 1. The summed E-state index contributed by atoms with van der Waals surface area (Å²) in [6.45, 7) is 6.31. The van der Waals surface area contributed by atoms with Crippen LogP contribution in [0.25, 0.3) is 0 Å². The number of rotatable bonds is 3. The van der Waals surface area contributed by atoms with Crippen molar-refractivity contribution >= 4 is 5.82 Å². The van der Waals surface area contributed by atoms with E-state index in [9.17, 15) is 4.79 Å². The average molecular weight is 249 g/mol. The van der Waals surface area contributed by atoms with E-state index in [4.69, 9.17) is 0 Å². The summed E-state index contributed by atoms with van der Waals surface area (Å²) in [5, 5.41) is 3.32. The van der Waals surface area contributed by atoms with Gasteiger partial charge < -0.3 is 9.88 Å². The van der Waals surface area contributed by atoms with E-state index in [1.54, 1.807) is 17.0 Å². The molecule has 1 fully saturated rings. The summed E-state index contributed by atoms with van der Waals surface area (Å²) >= 11 is 0. The lowest BCUT2D eigenvalue weighted by atomic mass is 9.87. The van der Waals surface area contributed by atoms with Crippen molar-refractivity contribution in [3.63, 3.8) is 0 Å². The lowest BCUT2D eigenvalue weighted by molar-refractivity contribution is 0.360. The number of aromatic nitrogens is 2. The molecule has 18 heavy (non-hydrogen) atoms. The smallest absolute Gasteiger partial charge is 0.293 e. The second kappa shape index (κ2) is 5.55. The van der Waals surface area contributed by atoms with Gasteiger partial charge >= 0.3 is 0 Å². The first-order valence-corrected chi connectivity index (χ1v) is 6.91. The highest BCUT2D eigenvalue weighted by molar-refractivity contribution is 5.32. The lowest BCUT2D eigenvalue weighted by Gasteiger charge is -2.27. The number of hydrogen-bond acceptors (Lipinski definition) is 3.